The van der Waals surface area contributed by atoms with Crippen molar-refractivity contribution in [2.45, 2.75) is 32.2 Å². The fourth-order valence-electron chi connectivity index (χ4n) is 1.68. The van der Waals surface area contributed by atoms with E-state index in [2.05, 4.69) is 10.2 Å². The van der Waals surface area contributed by atoms with Crippen LogP contribution in [0.4, 0.5) is 0 Å². The van der Waals surface area contributed by atoms with Gasteiger partial charge in [-0.25, -0.2) is 0 Å². The number of hydrogen-bond donors (Lipinski definition) is 1. The molecule has 2 rings (SSSR count). The Morgan fingerprint density at radius 2 is 1.93 bits per heavy atom. The van der Waals surface area contributed by atoms with E-state index in [-0.39, 0.29) is 11.8 Å². The number of carbonyl (C=O) groups is 2. The number of hydrogen-bond acceptors (Lipinski definition) is 3. The van der Waals surface area contributed by atoms with Crippen LogP contribution < -0.4 is 0 Å². The Morgan fingerprint density at radius 1 is 1.27 bits per heavy atom. The van der Waals surface area contributed by atoms with Crippen LogP contribution in [-0.2, 0) is 16.1 Å². The summed E-state index contributed by atoms with van der Waals surface area (Å²) in [7, 11) is 0. The van der Waals surface area contributed by atoms with Gasteiger partial charge in [0, 0.05) is 24.6 Å². The van der Waals surface area contributed by atoms with Crippen molar-refractivity contribution in [1.82, 2.24) is 15.1 Å². The molecule has 1 N–H and O–H groups in total. The lowest BCUT2D eigenvalue weighted by Crippen LogP contribution is -2.34. The summed E-state index contributed by atoms with van der Waals surface area (Å²) in [5.41, 5.74) is 0.860. The lowest BCUT2D eigenvalue weighted by Gasteiger charge is -2.17. The topological polar surface area (TPSA) is 66.1 Å². The molecule has 1 aromatic heterocycles. The summed E-state index contributed by atoms with van der Waals surface area (Å²) < 4.78 is 0. The molecule has 1 saturated heterocycles. The molecule has 2 heterocycles. The van der Waals surface area contributed by atoms with E-state index in [4.69, 9.17) is 0 Å². The Morgan fingerprint density at radius 3 is 2.47 bits per heavy atom. The van der Waals surface area contributed by atoms with Crippen LogP contribution in [0.2, 0.25) is 0 Å². The molecule has 0 unspecified atom stereocenters. The zero-order valence-electron chi connectivity index (χ0n) is 8.40. The van der Waals surface area contributed by atoms with Crippen LogP contribution in [0.25, 0.3) is 0 Å². The van der Waals surface area contributed by atoms with Crippen LogP contribution in [0.3, 0.4) is 0 Å². The molecule has 0 atom stereocenters. The van der Waals surface area contributed by atoms with Gasteiger partial charge in [-0.05, 0) is 12.8 Å². The fraction of sp³-hybridized carbons (Fsp3) is 0.500. The van der Waals surface area contributed by atoms with Gasteiger partial charge in [-0.15, -0.1) is 0 Å². The maximum absolute atomic E-state index is 11.6. The first-order valence-corrected chi connectivity index (χ1v) is 5.08. The highest BCUT2D eigenvalue weighted by atomic mass is 16.2. The second-order valence-corrected chi connectivity index (χ2v) is 3.69. The van der Waals surface area contributed by atoms with Crippen molar-refractivity contribution in [3.05, 3.63) is 18.0 Å². The number of amides is 2. The van der Waals surface area contributed by atoms with Crippen molar-refractivity contribution in [2.75, 3.05) is 0 Å². The molecule has 2 amide bonds. The van der Waals surface area contributed by atoms with E-state index in [0.29, 0.717) is 19.4 Å². The van der Waals surface area contributed by atoms with E-state index in [9.17, 15) is 9.59 Å². The molecule has 0 aliphatic carbocycles. The highest BCUT2D eigenvalue weighted by Gasteiger charge is 2.24. The zero-order chi connectivity index (χ0) is 10.7. The van der Waals surface area contributed by atoms with Crippen LogP contribution in [0.5, 0.6) is 0 Å². The van der Waals surface area contributed by atoms with Gasteiger partial charge in [0.15, 0.2) is 0 Å². The van der Waals surface area contributed by atoms with Gasteiger partial charge in [0.05, 0.1) is 12.7 Å². The molecule has 1 aromatic rings. The predicted octanol–water partition coefficient (Wildman–Crippen LogP) is 0.839. The van der Waals surface area contributed by atoms with Gasteiger partial charge in [-0.3, -0.25) is 19.6 Å². The molecule has 1 aliphatic heterocycles. The SMILES string of the molecule is O=C1CCCCC(=O)N1Cc1cn[nH]c1. The third-order valence-electron chi connectivity index (χ3n) is 2.53. The van der Waals surface area contributed by atoms with E-state index >= 15 is 0 Å². The van der Waals surface area contributed by atoms with Crippen LogP contribution in [-0.4, -0.2) is 26.9 Å². The van der Waals surface area contributed by atoms with Crippen LogP contribution in [0, 0.1) is 0 Å². The number of imide groups is 1. The summed E-state index contributed by atoms with van der Waals surface area (Å²) in [6.45, 7) is 0.341. The number of aromatic nitrogens is 2. The molecule has 1 fully saturated rings. The van der Waals surface area contributed by atoms with E-state index < -0.39 is 0 Å². The van der Waals surface area contributed by atoms with Gasteiger partial charge in [-0.2, -0.15) is 5.10 Å². The van der Waals surface area contributed by atoms with Crippen LogP contribution in [0.1, 0.15) is 31.2 Å². The van der Waals surface area contributed by atoms with E-state index in [1.165, 1.54) is 4.90 Å². The van der Waals surface area contributed by atoms with Crippen molar-refractivity contribution >= 4 is 11.8 Å². The third-order valence-corrected chi connectivity index (χ3v) is 2.53. The van der Waals surface area contributed by atoms with Crippen LogP contribution >= 0.6 is 0 Å². The number of aromatic amines is 1. The maximum Gasteiger partial charge on any atom is 0.229 e. The largest absolute Gasteiger partial charge is 0.285 e. The average Bonchev–Trinajstić information content (AvgIpc) is 2.67. The monoisotopic (exact) mass is 207 g/mol. The molecule has 5 heteroatoms. The second kappa shape index (κ2) is 4.25. The Kier molecular flexibility index (Phi) is 2.80. The number of carbonyl (C=O) groups excluding carboxylic acids is 2. The van der Waals surface area contributed by atoms with Crippen molar-refractivity contribution in [2.24, 2.45) is 0 Å². The molecule has 5 nitrogen and oxygen atoms in total. The molecule has 0 bridgehead atoms. The highest BCUT2D eigenvalue weighted by Crippen LogP contribution is 2.14. The van der Waals surface area contributed by atoms with Crippen molar-refractivity contribution in [3.63, 3.8) is 0 Å². The van der Waals surface area contributed by atoms with E-state index in [1.54, 1.807) is 12.4 Å². The normalized spacial score (nSPS) is 18.0. The van der Waals surface area contributed by atoms with E-state index in [1.807, 2.05) is 0 Å². The Balaban J connectivity index is 2.10. The minimum absolute atomic E-state index is 0.0706. The second-order valence-electron chi connectivity index (χ2n) is 3.69. The van der Waals surface area contributed by atoms with Gasteiger partial charge in [-0.1, -0.05) is 0 Å². The molecule has 0 saturated carbocycles. The number of nitrogens with zero attached hydrogens (tertiary/aromatic N) is 2. The Hall–Kier alpha value is -1.65. The molecule has 15 heavy (non-hydrogen) atoms. The number of H-pyrrole nitrogens is 1. The minimum Gasteiger partial charge on any atom is -0.285 e. The summed E-state index contributed by atoms with van der Waals surface area (Å²) in [5, 5.41) is 6.45. The van der Waals surface area contributed by atoms with Gasteiger partial charge < -0.3 is 0 Å². The molecule has 80 valence electrons. The number of nitrogens with one attached hydrogen (secondary N) is 1. The maximum atomic E-state index is 11.6. The quantitative estimate of drug-likeness (QED) is 0.731. The summed E-state index contributed by atoms with van der Waals surface area (Å²) >= 11 is 0. The van der Waals surface area contributed by atoms with Gasteiger partial charge in [0.1, 0.15) is 0 Å². The lowest BCUT2D eigenvalue weighted by atomic mass is 10.2. The number of likely N-dealkylation sites (tertiary alicyclic amines) is 1. The van der Waals surface area contributed by atoms with Crippen LogP contribution in [0.15, 0.2) is 12.4 Å². The first-order valence-electron chi connectivity index (χ1n) is 5.08. The molecule has 1 aliphatic rings. The first-order chi connectivity index (χ1) is 7.27. The Labute approximate surface area is 87.5 Å². The minimum atomic E-state index is -0.0706. The molecular formula is C10H13N3O2. The predicted molar refractivity (Wildman–Crippen MR) is 52.6 cm³/mol. The Bertz CT molecular complexity index is 341. The first kappa shape index (κ1) is 9.89. The van der Waals surface area contributed by atoms with E-state index in [0.717, 1.165) is 18.4 Å². The lowest BCUT2D eigenvalue weighted by molar-refractivity contribution is -0.144. The van der Waals surface area contributed by atoms with Gasteiger partial charge >= 0.3 is 0 Å². The third kappa shape index (κ3) is 2.23. The van der Waals surface area contributed by atoms with Crippen molar-refractivity contribution < 1.29 is 9.59 Å². The molecule has 0 aromatic carbocycles. The average molecular weight is 207 g/mol. The fourth-order valence-corrected chi connectivity index (χ4v) is 1.68. The number of rotatable bonds is 2. The summed E-state index contributed by atoms with van der Waals surface area (Å²) in [5.74, 6) is -0.141. The molecule has 0 radical (unpaired) electrons. The summed E-state index contributed by atoms with van der Waals surface area (Å²) in [6.07, 6.45) is 5.91. The van der Waals surface area contributed by atoms with Crippen molar-refractivity contribution in [1.29, 1.82) is 0 Å². The molecule has 0 spiro atoms. The highest BCUT2D eigenvalue weighted by molar-refractivity contribution is 5.95. The summed E-state index contributed by atoms with van der Waals surface area (Å²) in [6, 6.07) is 0. The standard InChI is InChI=1S/C10H13N3O2/c14-9-3-1-2-4-10(15)13(9)7-8-5-11-12-6-8/h5-6H,1-4,7H2,(H,11,12). The summed E-state index contributed by atoms with van der Waals surface area (Å²) in [4.78, 5) is 24.6. The molecular weight excluding hydrogens is 194 g/mol. The smallest absolute Gasteiger partial charge is 0.229 e. The zero-order valence-corrected chi connectivity index (χ0v) is 8.40. The van der Waals surface area contributed by atoms with Crippen molar-refractivity contribution in [3.8, 4) is 0 Å². The van der Waals surface area contributed by atoms with Gasteiger partial charge in [0.2, 0.25) is 11.8 Å². The van der Waals surface area contributed by atoms with Gasteiger partial charge in [0.25, 0.3) is 0 Å².